The van der Waals surface area contributed by atoms with Gasteiger partial charge in [-0.25, -0.2) is 8.42 Å². The third-order valence-corrected chi connectivity index (χ3v) is 7.66. The van der Waals surface area contributed by atoms with Gasteiger partial charge in [-0.3, -0.25) is 10.1 Å². The van der Waals surface area contributed by atoms with Crippen LogP contribution in [0.15, 0.2) is 47.4 Å². The summed E-state index contributed by atoms with van der Waals surface area (Å²) < 4.78 is 34.6. The Bertz CT molecular complexity index is 1480. The van der Waals surface area contributed by atoms with Gasteiger partial charge in [0.25, 0.3) is 11.9 Å². The second-order valence-electron chi connectivity index (χ2n) is 7.52. The highest BCUT2D eigenvalue weighted by Crippen LogP contribution is 2.29. The van der Waals surface area contributed by atoms with Gasteiger partial charge in [0.05, 0.1) is 23.6 Å². The van der Waals surface area contributed by atoms with Crippen LogP contribution in [-0.2, 0) is 21.8 Å². The third kappa shape index (κ3) is 3.93. The van der Waals surface area contributed by atoms with E-state index in [1.165, 1.54) is 4.31 Å². The van der Waals surface area contributed by atoms with Gasteiger partial charge in [0.2, 0.25) is 10.0 Å². The summed E-state index contributed by atoms with van der Waals surface area (Å²) in [5.74, 6) is -0.361. The number of ether oxygens (including phenoxy) is 1. The molecule has 2 aromatic carbocycles. The first kappa shape index (κ1) is 21.7. The number of aromatic nitrogens is 4. The molecule has 0 aliphatic carbocycles. The van der Waals surface area contributed by atoms with Crippen LogP contribution in [0.1, 0.15) is 10.4 Å². The minimum Gasteiger partial charge on any atom is -0.379 e. The van der Waals surface area contributed by atoms with Gasteiger partial charge in [-0.15, -0.1) is 10.2 Å². The number of aryl methyl sites for hydroxylation is 1. The molecule has 0 radical (unpaired) electrons. The molecule has 3 heterocycles. The maximum Gasteiger partial charge on any atom is 0.258 e. The molecule has 1 saturated heterocycles. The number of rotatable bonds is 4. The number of halogens is 1. The molecule has 0 atom stereocenters. The largest absolute Gasteiger partial charge is 0.379 e. The first-order valence-corrected chi connectivity index (χ1v) is 11.9. The average molecular weight is 487 g/mol. The molecule has 0 spiro atoms. The molecule has 1 amide bonds. The Morgan fingerprint density at radius 1 is 1.09 bits per heavy atom. The fourth-order valence-corrected chi connectivity index (χ4v) is 5.32. The van der Waals surface area contributed by atoms with Crippen molar-refractivity contribution in [1.82, 2.24) is 24.1 Å². The van der Waals surface area contributed by atoms with E-state index in [2.05, 4.69) is 20.5 Å². The van der Waals surface area contributed by atoms with E-state index in [0.717, 1.165) is 5.52 Å². The lowest BCUT2D eigenvalue weighted by molar-refractivity contribution is 0.0730. The zero-order valence-electron chi connectivity index (χ0n) is 17.5. The summed E-state index contributed by atoms with van der Waals surface area (Å²) in [7, 11) is -1.87. The van der Waals surface area contributed by atoms with Crippen LogP contribution in [-0.4, -0.2) is 64.7 Å². The van der Waals surface area contributed by atoms with Crippen molar-refractivity contribution in [3.63, 3.8) is 0 Å². The summed E-state index contributed by atoms with van der Waals surface area (Å²) in [6, 6.07) is 11.3. The number of carbonyl (C=O) groups is 1. The Kier molecular flexibility index (Phi) is 5.49. The molecule has 1 N–H and O–H groups in total. The van der Waals surface area contributed by atoms with Crippen LogP contribution in [0.4, 0.5) is 5.95 Å². The van der Waals surface area contributed by atoms with E-state index in [1.54, 1.807) is 54.1 Å². The number of anilines is 1. The Balaban J connectivity index is 1.51. The molecular formula is C21H19ClN6O4S. The van der Waals surface area contributed by atoms with Gasteiger partial charge in [0.15, 0.2) is 5.65 Å². The zero-order chi connectivity index (χ0) is 23.2. The lowest BCUT2D eigenvalue weighted by Gasteiger charge is -2.26. The highest BCUT2D eigenvalue weighted by molar-refractivity contribution is 7.89. The molecule has 0 unspecified atom stereocenters. The Labute approximate surface area is 194 Å². The molecule has 0 bridgehead atoms. The standard InChI is InChI=1S/C21H19ClN6O4S/c1-27-17-7-6-15(33(30,31)28-8-10-32-11-9-28)12-16(17)18-19(27)23-21(26-25-18)24-20(29)13-2-4-14(22)5-3-13/h2-7,12H,8-11H2,1H3,(H,23,24,26,29). The fourth-order valence-electron chi connectivity index (χ4n) is 3.76. The van der Waals surface area contributed by atoms with Gasteiger partial charge >= 0.3 is 0 Å². The molecule has 10 nitrogen and oxygen atoms in total. The number of morpholine rings is 1. The van der Waals surface area contributed by atoms with Crippen molar-refractivity contribution in [1.29, 1.82) is 0 Å². The van der Waals surface area contributed by atoms with Crippen molar-refractivity contribution in [3.05, 3.63) is 53.1 Å². The van der Waals surface area contributed by atoms with E-state index in [9.17, 15) is 13.2 Å². The highest BCUT2D eigenvalue weighted by atomic mass is 35.5. The lowest BCUT2D eigenvalue weighted by Crippen LogP contribution is -2.40. The molecule has 4 aromatic rings. The molecule has 33 heavy (non-hydrogen) atoms. The number of nitrogens with zero attached hydrogens (tertiary/aromatic N) is 5. The van der Waals surface area contributed by atoms with E-state index in [4.69, 9.17) is 16.3 Å². The highest BCUT2D eigenvalue weighted by Gasteiger charge is 2.27. The maximum atomic E-state index is 13.1. The summed E-state index contributed by atoms with van der Waals surface area (Å²) in [4.78, 5) is 17.1. The van der Waals surface area contributed by atoms with Crippen molar-refractivity contribution in [2.45, 2.75) is 4.90 Å². The minimum atomic E-state index is -3.66. The molecule has 2 aromatic heterocycles. The Hall–Kier alpha value is -3.12. The molecule has 170 valence electrons. The molecule has 5 rings (SSSR count). The summed E-state index contributed by atoms with van der Waals surface area (Å²) in [5.41, 5.74) is 2.05. The van der Waals surface area contributed by atoms with Crippen molar-refractivity contribution in [2.75, 3.05) is 31.6 Å². The van der Waals surface area contributed by atoms with Crippen LogP contribution in [0.5, 0.6) is 0 Å². The Morgan fingerprint density at radius 2 is 1.82 bits per heavy atom. The summed E-state index contributed by atoms with van der Waals surface area (Å²) >= 11 is 5.87. The second-order valence-corrected chi connectivity index (χ2v) is 9.90. The quantitative estimate of drug-likeness (QED) is 0.470. The van der Waals surface area contributed by atoms with Gasteiger partial charge in [-0.05, 0) is 42.5 Å². The Morgan fingerprint density at radius 3 is 2.55 bits per heavy atom. The number of amides is 1. The van der Waals surface area contributed by atoms with E-state index in [0.29, 0.717) is 53.4 Å². The van der Waals surface area contributed by atoms with Gasteiger partial charge in [0, 0.05) is 36.1 Å². The van der Waals surface area contributed by atoms with Gasteiger partial charge < -0.3 is 9.30 Å². The first-order valence-electron chi connectivity index (χ1n) is 10.1. The summed E-state index contributed by atoms with van der Waals surface area (Å²) in [6.07, 6.45) is 0. The average Bonchev–Trinajstić information content (AvgIpc) is 3.11. The summed E-state index contributed by atoms with van der Waals surface area (Å²) in [5, 5.41) is 12.0. The number of carbonyl (C=O) groups excluding carboxylic acids is 1. The molecule has 12 heteroatoms. The fraction of sp³-hybridized carbons (Fsp3) is 0.238. The molecule has 1 aliphatic rings. The van der Waals surface area contributed by atoms with Gasteiger partial charge in [-0.1, -0.05) is 11.6 Å². The minimum absolute atomic E-state index is 0.0366. The number of fused-ring (bicyclic) bond motifs is 3. The van der Waals surface area contributed by atoms with Crippen molar-refractivity contribution >= 4 is 55.5 Å². The van der Waals surface area contributed by atoms with Crippen molar-refractivity contribution < 1.29 is 17.9 Å². The van der Waals surface area contributed by atoms with Gasteiger partial charge in [0.1, 0.15) is 5.52 Å². The van der Waals surface area contributed by atoms with E-state index >= 15 is 0 Å². The predicted octanol–water partition coefficient (Wildman–Crippen LogP) is 2.44. The zero-order valence-corrected chi connectivity index (χ0v) is 19.1. The lowest BCUT2D eigenvalue weighted by atomic mass is 10.2. The summed E-state index contributed by atoms with van der Waals surface area (Å²) in [6.45, 7) is 1.37. The SMILES string of the molecule is Cn1c2ccc(S(=O)(=O)N3CCOCC3)cc2c2nnc(NC(=O)c3ccc(Cl)cc3)nc21. The number of sulfonamides is 1. The monoisotopic (exact) mass is 486 g/mol. The van der Waals surface area contributed by atoms with E-state index < -0.39 is 15.9 Å². The number of nitrogens with one attached hydrogen (secondary N) is 1. The topological polar surface area (TPSA) is 119 Å². The number of benzene rings is 2. The number of hydrogen-bond donors (Lipinski definition) is 1. The smallest absolute Gasteiger partial charge is 0.258 e. The van der Waals surface area contributed by atoms with Gasteiger partial charge in [-0.2, -0.15) is 9.29 Å². The van der Waals surface area contributed by atoms with Crippen LogP contribution in [0.2, 0.25) is 5.02 Å². The molecular weight excluding hydrogens is 468 g/mol. The molecule has 1 aliphatic heterocycles. The van der Waals surface area contributed by atoms with Crippen LogP contribution >= 0.6 is 11.6 Å². The third-order valence-electron chi connectivity index (χ3n) is 5.51. The predicted molar refractivity (Wildman–Crippen MR) is 123 cm³/mol. The maximum absolute atomic E-state index is 13.1. The molecule has 0 saturated carbocycles. The first-order chi connectivity index (χ1) is 15.8. The van der Waals surface area contributed by atoms with E-state index in [1.807, 2.05) is 0 Å². The molecule has 1 fully saturated rings. The van der Waals surface area contributed by atoms with E-state index in [-0.39, 0.29) is 10.8 Å². The number of hydrogen-bond acceptors (Lipinski definition) is 7. The van der Waals surface area contributed by atoms with Crippen LogP contribution in [0.25, 0.3) is 22.1 Å². The second kappa shape index (κ2) is 8.34. The van der Waals surface area contributed by atoms with Crippen LogP contribution in [0, 0.1) is 0 Å². The normalized spacial score (nSPS) is 15.2. The van der Waals surface area contributed by atoms with Crippen LogP contribution in [0.3, 0.4) is 0 Å². The van der Waals surface area contributed by atoms with Crippen molar-refractivity contribution in [3.8, 4) is 0 Å². The van der Waals surface area contributed by atoms with Crippen LogP contribution < -0.4 is 5.32 Å². The van der Waals surface area contributed by atoms with Crippen molar-refractivity contribution in [2.24, 2.45) is 7.05 Å².